The number of hydrogen-bond acceptors (Lipinski definition) is 3. The predicted octanol–water partition coefficient (Wildman–Crippen LogP) is 2.18. The van der Waals surface area contributed by atoms with Crippen molar-refractivity contribution in [2.75, 3.05) is 0 Å². The van der Waals surface area contributed by atoms with Crippen LogP contribution in [0.5, 0.6) is 0 Å². The molecular weight excluding hydrogens is 196 g/mol. The maximum Gasteiger partial charge on any atom is 0.0414 e. The SMILES string of the molecule is CCCCCCC(S)CCCC(=O)[O-]. The van der Waals surface area contributed by atoms with E-state index in [1.54, 1.807) is 0 Å². The molecule has 84 valence electrons. The number of hydrogen-bond donors (Lipinski definition) is 1. The fourth-order valence-electron chi connectivity index (χ4n) is 1.43. The zero-order valence-electron chi connectivity index (χ0n) is 9.00. The van der Waals surface area contributed by atoms with Crippen LogP contribution < -0.4 is 5.11 Å². The van der Waals surface area contributed by atoms with Crippen molar-refractivity contribution in [3.05, 3.63) is 0 Å². The van der Waals surface area contributed by atoms with Gasteiger partial charge in [0.1, 0.15) is 0 Å². The summed E-state index contributed by atoms with van der Waals surface area (Å²) in [6.07, 6.45) is 7.90. The molecule has 0 aliphatic heterocycles. The molecular formula is C11H21O2S-. The van der Waals surface area contributed by atoms with Gasteiger partial charge in [-0.2, -0.15) is 12.6 Å². The molecule has 0 rings (SSSR count). The third kappa shape index (κ3) is 9.90. The van der Waals surface area contributed by atoms with Crippen molar-refractivity contribution in [3.63, 3.8) is 0 Å². The van der Waals surface area contributed by atoms with E-state index in [0.717, 1.165) is 12.8 Å². The molecule has 0 fully saturated rings. The van der Waals surface area contributed by atoms with Gasteiger partial charge in [0.2, 0.25) is 0 Å². The molecule has 14 heavy (non-hydrogen) atoms. The molecule has 0 radical (unpaired) electrons. The highest BCUT2D eigenvalue weighted by atomic mass is 32.1. The Hall–Kier alpha value is -0.180. The smallest absolute Gasteiger partial charge is 0.0414 e. The molecule has 3 heteroatoms. The van der Waals surface area contributed by atoms with Gasteiger partial charge in [-0.1, -0.05) is 32.6 Å². The number of carboxylic acid groups (broad SMARTS) is 1. The zero-order valence-corrected chi connectivity index (χ0v) is 9.89. The van der Waals surface area contributed by atoms with Crippen LogP contribution in [0.4, 0.5) is 0 Å². The molecule has 0 amide bonds. The maximum absolute atomic E-state index is 10.1. The maximum atomic E-state index is 10.1. The van der Waals surface area contributed by atoms with Crippen molar-refractivity contribution >= 4 is 18.6 Å². The van der Waals surface area contributed by atoms with Gasteiger partial charge < -0.3 is 9.90 Å². The average molecular weight is 217 g/mol. The lowest BCUT2D eigenvalue weighted by Gasteiger charge is -2.10. The van der Waals surface area contributed by atoms with Crippen LogP contribution in [-0.4, -0.2) is 11.2 Å². The minimum atomic E-state index is -0.948. The number of carbonyl (C=O) groups is 1. The molecule has 0 aromatic rings. The summed E-state index contributed by atoms with van der Waals surface area (Å²) in [6.45, 7) is 2.19. The van der Waals surface area contributed by atoms with Gasteiger partial charge >= 0.3 is 0 Å². The molecule has 0 aromatic heterocycles. The van der Waals surface area contributed by atoms with Gasteiger partial charge in [-0.05, 0) is 25.7 Å². The number of thiol groups is 1. The number of aliphatic carboxylic acids is 1. The van der Waals surface area contributed by atoms with E-state index in [1.165, 1.54) is 25.7 Å². The standard InChI is InChI=1S/C11H22O2S/c1-2-3-4-5-7-10(14)8-6-9-11(12)13/h10,14H,2-9H2,1H3,(H,12,13)/p-1. The largest absolute Gasteiger partial charge is 0.550 e. The van der Waals surface area contributed by atoms with Crippen molar-refractivity contribution in [1.82, 2.24) is 0 Å². The summed E-state index contributed by atoms with van der Waals surface area (Å²) < 4.78 is 0. The fraction of sp³-hybridized carbons (Fsp3) is 0.909. The topological polar surface area (TPSA) is 40.1 Å². The lowest BCUT2D eigenvalue weighted by molar-refractivity contribution is -0.305. The van der Waals surface area contributed by atoms with Crippen molar-refractivity contribution in [2.45, 2.75) is 63.5 Å². The van der Waals surface area contributed by atoms with E-state index < -0.39 is 5.97 Å². The molecule has 0 aliphatic carbocycles. The molecule has 0 saturated carbocycles. The Morgan fingerprint density at radius 2 is 1.86 bits per heavy atom. The van der Waals surface area contributed by atoms with Crippen LogP contribution in [0.15, 0.2) is 0 Å². The first-order chi connectivity index (χ1) is 6.66. The average Bonchev–Trinajstić information content (AvgIpc) is 2.12. The van der Waals surface area contributed by atoms with Crippen molar-refractivity contribution in [3.8, 4) is 0 Å². The highest BCUT2D eigenvalue weighted by Crippen LogP contribution is 2.15. The Labute approximate surface area is 92.5 Å². The van der Waals surface area contributed by atoms with Crippen LogP contribution in [0.1, 0.15) is 58.3 Å². The van der Waals surface area contributed by atoms with Crippen molar-refractivity contribution < 1.29 is 9.90 Å². The molecule has 1 atom stereocenters. The first-order valence-electron chi connectivity index (χ1n) is 5.54. The predicted molar refractivity (Wildman–Crippen MR) is 60.4 cm³/mol. The normalized spacial score (nSPS) is 12.7. The highest BCUT2D eigenvalue weighted by molar-refractivity contribution is 7.80. The van der Waals surface area contributed by atoms with Crippen molar-refractivity contribution in [1.29, 1.82) is 0 Å². The summed E-state index contributed by atoms with van der Waals surface area (Å²) in [5, 5.41) is 10.5. The molecule has 0 heterocycles. The molecule has 0 bridgehead atoms. The lowest BCUT2D eigenvalue weighted by Crippen LogP contribution is -2.21. The van der Waals surface area contributed by atoms with Crippen LogP contribution in [-0.2, 0) is 4.79 Å². The minimum Gasteiger partial charge on any atom is -0.550 e. The lowest BCUT2D eigenvalue weighted by atomic mass is 10.1. The van der Waals surface area contributed by atoms with Gasteiger partial charge in [0.15, 0.2) is 0 Å². The van der Waals surface area contributed by atoms with Crippen LogP contribution in [0.25, 0.3) is 0 Å². The van der Waals surface area contributed by atoms with E-state index in [9.17, 15) is 9.90 Å². The van der Waals surface area contributed by atoms with E-state index in [4.69, 9.17) is 0 Å². The summed E-state index contributed by atoms with van der Waals surface area (Å²) in [5.41, 5.74) is 0. The first kappa shape index (κ1) is 13.8. The van der Waals surface area contributed by atoms with E-state index in [2.05, 4.69) is 19.6 Å². The van der Waals surface area contributed by atoms with Gasteiger partial charge in [0.05, 0.1) is 0 Å². The highest BCUT2D eigenvalue weighted by Gasteiger charge is 2.02. The summed E-state index contributed by atoms with van der Waals surface area (Å²) in [6, 6.07) is 0. The number of carbonyl (C=O) groups excluding carboxylic acids is 1. The first-order valence-corrected chi connectivity index (χ1v) is 6.06. The summed E-state index contributed by atoms with van der Waals surface area (Å²) >= 11 is 4.42. The van der Waals surface area contributed by atoms with Gasteiger partial charge in [0, 0.05) is 11.2 Å². The second-order valence-electron chi connectivity index (χ2n) is 3.77. The van der Waals surface area contributed by atoms with E-state index in [0.29, 0.717) is 11.7 Å². The minimum absolute atomic E-state index is 0.173. The Bertz CT molecular complexity index is 148. The zero-order chi connectivity index (χ0) is 10.8. The molecule has 0 aliphatic rings. The van der Waals surface area contributed by atoms with E-state index in [1.807, 2.05) is 0 Å². The number of unbranched alkanes of at least 4 members (excludes halogenated alkanes) is 3. The van der Waals surface area contributed by atoms with Crippen LogP contribution in [0.2, 0.25) is 0 Å². The fourth-order valence-corrected chi connectivity index (χ4v) is 1.80. The summed E-state index contributed by atoms with van der Waals surface area (Å²) in [5.74, 6) is -0.948. The monoisotopic (exact) mass is 217 g/mol. The second-order valence-corrected chi connectivity index (χ2v) is 4.50. The number of carboxylic acids is 1. The summed E-state index contributed by atoms with van der Waals surface area (Å²) in [4.78, 5) is 10.1. The second kappa shape index (κ2) is 9.38. The van der Waals surface area contributed by atoms with Gasteiger partial charge in [-0.25, -0.2) is 0 Å². The van der Waals surface area contributed by atoms with Gasteiger partial charge in [-0.15, -0.1) is 0 Å². The van der Waals surface area contributed by atoms with Gasteiger partial charge in [-0.3, -0.25) is 0 Å². The number of rotatable bonds is 9. The van der Waals surface area contributed by atoms with Gasteiger partial charge in [0.25, 0.3) is 0 Å². The molecule has 0 aromatic carbocycles. The Balaban J connectivity index is 3.19. The van der Waals surface area contributed by atoms with E-state index >= 15 is 0 Å². The van der Waals surface area contributed by atoms with Crippen LogP contribution in [0, 0.1) is 0 Å². The molecule has 2 nitrogen and oxygen atoms in total. The Morgan fingerprint density at radius 3 is 2.43 bits per heavy atom. The van der Waals surface area contributed by atoms with Crippen molar-refractivity contribution in [2.24, 2.45) is 0 Å². The molecule has 0 saturated heterocycles. The molecule has 0 spiro atoms. The van der Waals surface area contributed by atoms with Crippen LogP contribution in [0.3, 0.4) is 0 Å². The van der Waals surface area contributed by atoms with E-state index in [-0.39, 0.29) is 6.42 Å². The Morgan fingerprint density at radius 1 is 1.21 bits per heavy atom. The molecule has 0 N–H and O–H groups in total. The third-order valence-electron chi connectivity index (χ3n) is 2.31. The quantitative estimate of drug-likeness (QED) is 0.475. The third-order valence-corrected chi connectivity index (χ3v) is 2.83. The Kier molecular flexibility index (Phi) is 9.26. The van der Waals surface area contributed by atoms with Crippen LogP contribution >= 0.6 is 12.6 Å². The molecule has 1 unspecified atom stereocenters. The summed E-state index contributed by atoms with van der Waals surface area (Å²) in [7, 11) is 0.